The molecule has 0 saturated heterocycles. The van der Waals surface area contributed by atoms with Gasteiger partial charge in [0, 0.05) is 36.3 Å². The molecule has 4 aliphatic rings. The van der Waals surface area contributed by atoms with Gasteiger partial charge in [-0.1, -0.05) is 31.4 Å². The quantitative estimate of drug-likeness (QED) is 0.335. The van der Waals surface area contributed by atoms with Gasteiger partial charge in [-0.2, -0.15) is 0 Å². The highest BCUT2D eigenvalue weighted by Crippen LogP contribution is 2.45. The number of likely N-dealkylation sites (N-methyl/N-ethyl adjacent to an activating group) is 2. The number of aromatic hydroxyl groups is 1. The minimum absolute atomic E-state index is 0.0512. The summed E-state index contributed by atoms with van der Waals surface area (Å²) in [5, 5.41) is 25.1. The fraction of sp³-hybridized carbons (Fsp3) is 0.314. The number of benzene rings is 3. The van der Waals surface area contributed by atoms with E-state index >= 15 is 0 Å². The maximum atomic E-state index is 11.2. The lowest BCUT2D eigenvalue weighted by atomic mass is 9.88. The molecule has 8 heteroatoms. The largest absolute Gasteiger partial charge is 0.505 e. The third-order valence-corrected chi connectivity index (χ3v) is 8.50. The molecule has 0 fully saturated rings. The Hall–Kier alpha value is -4.24. The summed E-state index contributed by atoms with van der Waals surface area (Å²) in [7, 11) is 7.97. The Morgan fingerprint density at radius 2 is 1.74 bits per heavy atom. The van der Waals surface area contributed by atoms with Gasteiger partial charge in [-0.05, 0) is 100 Å². The number of phenolic OH excluding ortho intramolecular Hbond substituents is 1. The van der Waals surface area contributed by atoms with Crippen molar-refractivity contribution in [3.8, 4) is 28.7 Å². The van der Waals surface area contributed by atoms with Crippen molar-refractivity contribution in [2.24, 2.45) is 0 Å². The average Bonchev–Trinajstić information content (AvgIpc) is 2.98. The minimum Gasteiger partial charge on any atom is -0.505 e. The van der Waals surface area contributed by atoms with Crippen molar-refractivity contribution in [3.63, 3.8) is 0 Å². The maximum absolute atomic E-state index is 11.2. The van der Waals surface area contributed by atoms with Gasteiger partial charge in [-0.15, -0.1) is 0 Å². The van der Waals surface area contributed by atoms with Crippen LogP contribution in [-0.2, 0) is 25.8 Å². The first kappa shape index (κ1) is 28.9. The zero-order valence-electron chi connectivity index (χ0n) is 25.2. The summed E-state index contributed by atoms with van der Waals surface area (Å²) in [6, 6.07) is 15.7. The fourth-order valence-electron chi connectivity index (χ4n) is 6.20. The van der Waals surface area contributed by atoms with Crippen LogP contribution in [0.2, 0.25) is 0 Å². The molecule has 3 N–H and O–H groups in total. The Labute approximate surface area is 253 Å². The first-order chi connectivity index (χ1) is 20.6. The summed E-state index contributed by atoms with van der Waals surface area (Å²) in [6.45, 7) is 9.55. The minimum atomic E-state index is -0.217. The molecule has 7 bridgehead atoms. The van der Waals surface area contributed by atoms with Crippen LogP contribution in [0.4, 0.5) is 0 Å². The lowest BCUT2D eigenvalue weighted by molar-refractivity contribution is 0.225. The van der Waals surface area contributed by atoms with Gasteiger partial charge in [0.15, 0.2) is 34.5 Å². The number of aliphatic hydroxyl groups is 1. The molecule has 0 amide bonds. The number of nitrogens with zero attached hydrogens (tertiary/aromatic N) is 2. The zero-order valence-corrected chi connectivity index (χ0v) is 25.2. The molecule has 0 aliphatic carbocycles. The van der Waals surface area contributed by atoms with E-state index in [0.29, 0.717) is 53.7 Å². The molecule has 224 valence electrons. The van der Waals surface area contributed by atoms with Crippen LogP contribution >= 0.6 is 0 Å². The van der Waals surface area contributed by atoms with Crippen molar-refractivity contribution in [2.75, 3.05) is 34.7 Å². The predicted molar refractivity (Wildman–Crippen MR) is 167 cm³/mol. The summed E-state index contributed by atoms with van der Waals surface area (Å²) in [6.07, 6.45) is 2.16. The fourth-order valence-corrected chi connectivity index (χ4v) is 6.20. The Morgan fingerprint density at radius 3 is 2.44 bits per heavy atom. The van der Waals surface area contributed by atoms with Gasteiger partial charge in [0.05, 0.1) is 0 Å². The van der Waals surface area contributed by atoms with Crippen molar-refractivity contribution in [3.05, 3.63) is 112 Å². The van der Waals surface area contributed by atoms with E-state index in [4.69, 9.17) is 14.2 Å². The van der Waals surface area contributed by atoms with E-state index in [9.17, 15) is 10.2 Å². The number of ether oxygens (including phenoxy) is 3. The highest BCUT2D eigenvalue weighted by molar-refractivity contribution is 5.56. The first-order valence-corrected chi connectivity index (χ1v) is 14.6. The molecule has 0 aromatic heterocycles. The van der Waals surface area contributed by atoms with Gasteiger partial charge in [-0.25, -0.2) is 0 Å². The van der Waals surface area contributed by atoms with E-state index in [1.807, 2.05) is 62.4 Å². The van der Waals surface area contributed by atoms with Crippen LogP contribution in [0.1, 0.15) is 33.9 Å². The Balaban J connectivity index is 1.52. The molecule has 2 atom stereocenters. The van der Waals surface area contributed by atoms with Crippen LogP contribution in [0.15, 0.2) is 84.5 Å². The van der Waals surface area contributed by atoms with Crippen molar-refractivity contribution in [1.29, 1.82) is 0 Å². The van der Waals surface area contributed by atoms with Crippen molar-refractivity contribution in [2.45, 2.75) is 37.9 Å². The molecule has 2 unspecified atom stereocenters. The van der Waals surface area contributed by atoms with Gasteiger partial charge in [0.25, 0.3) is 0 Å². The summed E-state index contributed by atoms with van der Waals surface area (Å²) in [5.41, 5.74) is 5.87. The van der Waals surface area contributed by atoms with Gasteiger partial charge < -0.3 is 34.6 Å². The summed E-state index contributed by atoms with van der Waals surface area (Å²) in [5.74, 6) is 2.66. The monoisotopic (exact) mass is 581 g/mol. The second kappa shape index (κ2) is 11.4. The lowest BCUT2D eigenvalue weighted by Gasteiger charge is -2.36. The number of hydrogen-bond acceptors (Lipinski definition) is 8. The second-order valence-electron chi connectivity index (χ2n) is 11.9. The molecule has 0 spiro atoms. The van der Waals surface area contributed by atoms with Gasteiger partial charge in [-0.3, -0.25) is 4.90 Å². The van der Waals surface area contributed by atoms with Crippen molar-refractivity contribution < 1.29 is 24.4 Å². The Bertz CT molecular complexity index is 1630. The normalized spacial score (nSPS) is 19.9. The highest BCUT2D eigenvalue weighted by Gasteiger charge is 2.33. The molecular formula is C35H39N3O5. The number of hydrogen-bond donors (Lipinski definition) is 3. The van der Waals surface area contributed by atoms with Crippen LogP contribution in [0.5, 0.6) is 28.7 Å². The number of nitrogens with one attached hydrogen (secondary N) is 1. The van der Waals surface area contributed by atoms with E-state index in [0.717, 1.165) is 35.2 Å². The third-order valence-electron chi connectivity index (χ3n) is 8.50. The number of aliphatic hydroxyl groups excluding tert-OH is 1. The molecule has 3 aromatic carbocycles. The van der Waals surface area contributed by atoms with Crippen molar-refractivity contribution >= 4 is 0 Å². The van der Waals surface area contributed by atoms with Gasteiger partial charge in [0.1, 0.15) is 5.75 Å². The SMILES string of the molecule is C=C(O)C1=C2Oc3cc4c(cc3O1)CCN(C)C4Cc1cc(CN(C)C)c(O)c(c1)Oc1ccc(cc1)CC(NC)C2=C. The topological polar surface area (TPSA) is 86.7 Å². The van der Waals surface area contributed by atoms with Crippen LogP contribution in [-0.4, -0.2) is 60.8 Å². The molecule has 8 nitrogen and oxygen atoms in total. The van der Waals surface area contributed by atoms with E-state index in [1.54, 1.807) is 0 Å². The van der Waals surface area contributed by atoms with Crippen molar-refractivity contribution in [1.82, 2.24) is 15.1 Å². The number of phenols is 1. The lowest BCUT2D eigenvalue weighted by Crippen LogP contribution is -2.34. The van der Waals surface area contributed by atoms with Crippen LogP contribution in [0.3, 0.4) is 0 Å². The standard InChI is InChI=1S/C35H39N3O5/c1-20-28(36-3)14-22-7-9-26(10-8-22)41-32-16-23(13-25(33(32)40)19-37(4)5)15-29-27-18-31-30(17-24(27)11-12-38(29)6)43-35(21(2)39)34(20)42-31/h7-10,13,16-18,28-29,36,39-40H,1-2,11-12,14-15,19H2,3-6H3. The van der Waals surface area contributed by atoms with Crippen LogP contribution < -0.4 is 19.5 Å². The maximum Gasteiger partial charge on any atom is 0.211 e. The molecule has 3 aromatic rings. The van der Waals surface area contributed by atoms with E-state index in [1.165, 1.54) is 5.56 Å². The van der Waals surface area contributed by atoms with E-state index in [2.05, 4.69) is 42.6 Å². The predicted octanol–water partition coefficient (Wildman–Crippen LogP) is 5.77. The van der Waals surface area contributed by atoms with E-state index < -0.39 is 0 Å². The van der Waals surface area contributed by atoms with Crippen LogP contribution in [0.25, 0.3) is 0 Å². The molecule has 0 saturated carbocycles. The smallest absolute Gasteiger partial charge is 0.211 e. The summed E-state index contributed by atoms with van der Waals surface area (Å²) in [4.78, 5) is 4.39. The molecule has 4 heterocycles. The second-order valence-corrected chi connectivity index (χ2v) is 11.9. The highest BCUT2D eigenvalue weighted by atomic mass is 16.6. The zero-order chi connectivity index (χ0) is 30.4. The first-order valence-electron chi connectivity index (χ1n) is 14.6. The molecule has 0 radical (unpaired) electrons. The summed E-state index contributed by atoms with van der Waals surface area (Å²) < 4.78 is 19.1. The van der Waals surface area contributed by atoms with Crippen LogP contribution in [0, 0.1) is 0 Å². The molecular weight excluding hydrogens is 542 g/mol. The average molecular weight is 582 g/mol. The Kier molecular flexibility index (Phi) is 7.68. The number of rotatable bonds is 4. The van der Waals surface area contributed by atoms with E-state index in [-0.39, 0.29) is 29.4 Å². The molecule has 7 rings (SSSR count). The summed E-state index contributed by atoms with van der Waals surface area (Å²) >= 11 is 0. The van der Waals surface area contributed by atoms with Gasteiger partial charge >= 0.3 is 0 Å². The molecule has 4 aliphatic heterocycles. The number of fused-ring (bicyclic) bond motifs is 4. The molecule has 43 heavy (non-hydrogen) atoms. The Morgan fingerprint density at radius 1 is 1.00 bits per heavy atom. The van der Waals surface area contributed by atoms with Gasteiger partial charge in [0.2, 0.25) is 5.76 Å². The third kappa shape index (κ3) is 5.61.